The summed E-state index contributed by atoms with van der Waals surface area (Å²) < 4.78 is 14.0. The molecule has 0 heterocycles. The quantitative estimate of drug-likeness (QED) is 0.787. The lowest BCUT2D eigenvalue weighted by Crippen LogP contribution is -2.30. The van der Waals surface area contributed by atoms with Crippen LogP contribution in [0.2, 0.25) is 5.02 Å². The number of amides is 1. The van der Waals surface area contributed by atoms with Crippen LogP contribution in [0.25, 0.3) is 0 Å². The molecule has 0 saturated heterocycles. The van der Waals surface area contributed by atoms with Gasteiger partial charge in [0.25, 0.3) is 0 Å². The minimum Gasteiger partial charge on any atom is -0.326 e. The van der Waals surface area contributed by atoms with Gasteiger partial charge in [-0.2, -0.15) is 5.26 Å². The highest BCUT2D eigenvalue weighted by molar-refractivity contribution is 6.31. The molecule has 1 N–H and O–H groups in total. The second-order valence-electron chi connectivity index (χ2n) is 6.39. The number of benzene rings is 2. The second-order valence-corrected chi connectivity index (χ2v) is 6.80. The smallest absolute Gasteiger partial charge is 0.225 e. The number of nitriles is 1. The molecule has 134 valence electrons. The van der Waals surface area contributed by atoms with Gasteiger partial charge in [-0.15, -0.1) is 0 Å². The van der Waals surface area contributed by atoms with Gasteiger partial charge < -0.3 is 5.32 Å². The molecule has 1 fully saturated rings. The van der Waals surface area contributed by atoms with Gasteiger partial charge in [0.1, 0.15) is 5.82 Å². The normalized spacial score (nSPS) is 13.5. The monoisotopic (exact) mass is 371 g/mol. The summed E-state index contributed by atoms with van der Waals surface area (Å²) in [5.74, 6) is -0.426. The molecular formula is C20H19ClFN3O. The Morgan fingerprint density at radius 1 is 1.27 bits per heavy atom. The SMILES string of the molecule is N#Cc1ccc(NC(=O)CCN(Cc2c(F)cccc2Cl)C2CC2)cc1. The number of carbonyl (C=O) groups excluding carboxylic acids is 1. The lowest BCUT2D eigenvalue weighted by molar-refractivity contribution is -0.116. The van der Waals surface area contributed by atoms with E-state index in [2.05, 4.69) is 10.2 Å². The second kappa shape index (κ2) is 8.31. The van der Waals surface area contributed by atoms with Crippen molar-refractivity contribution in [2.75, 3.05) is 11.9 Å². The molecule has 0 spiro atoms. The number of rotatable bonds is 7. The molecular weight excluding hydrogens is 353 g/mol. The minimum absolute atomic E-state index is 0.111. The fourth-order valence-corrected chi connectivity index (χ4v) is 3.04. The van der Waals surface area contributed by atoms with Crippen molar-refractivity contribution in [1.82, 2.24) is 4.90 Å². The molecule has 2 aromatic rings. The molecule has 1 aliphatic carbocycles. The standard InChI is InChI=1S/C20H19ClFN3O/c21-18-2-1-3-19(22)17(18)13-25(16-8-9-16)11-10-20(26)24-15-6-4-14(12-23)5-7-15/h1-7,16H,8-11,13H2,(H,24,26). The molecule has 0 aromatic heterocycles. The highest BCUT2D eigenvalue weighted by Gasteiger charge is 2.30. The molecule has 3 rings (SSSR count). The number of carbonyl (C=O) groups is 1. The van der Waals surface area contributed by atoms with Crippen LogP contribution in [0.1, 0.15) is 30.4 Å². The summed E-state index contributed by atoms with van der Waals surface area (Å²) >= 11 is 6.12. The van der Waals surface area contributed by atoms with Crippen molar-refractivity contribution >= 4 is 23.2 Å². The number of anilines is 1. The number of halogens is 2. The van der Waals surface area contributed by atoms with Crippen molar-refractivity contribution in [3.63, 3.8) is 0 Å². The first-order chi connectivity index (χ1) is 12.6. The Bertz CT molecular complexity index is 808. The summed E-state index contributed by atoms with van der Waals surface area (Å²) in [5.41, 5.74) is 1.68. The summed E-state index contributed by atoms with van der Waals surface area (Å²) in [5, 5.41) is 12.0. The summed E-state index contributed by atoms with van der Waals surface area (Å²) in [7, 11) is 0. The first-order valence-electron chi connectivity index (χ1n) is 8.54. The van der Waals surface area contributed by atoms with Gasteiger partial charge in [-0.05, 0) is 49.2 Å². The van der Waals surface area contributed by atoms with Crippen LogP contribution in [-0.2, 0) is 11.3 Å². The summed E-state index contributed by atoms with van der Waals surface area (Å²) in [4.78, 5) is 14.3. The first kappa shape index (κ1) is 18.4. The summed E-state index contributed by atoms with van der Waals surface area (Å²) in [6.45, 7) is 0.942. The lowest BCUT2D eigenvalue weighted by atomic mass is 10.2. The van der Waals surface area contributed by atoms with Crippen LogP contribution in [0, 0.1) is 17.1 Å². The molecule has 0 aliphatic heterocycles. The largest absolute Gasteiger partial charge is 0.326 e. The van der Waals surface area contributed by atoms with Gasteiger partial charge in [-0.25, -0.2) is 4.39 Å². The van der Waals surface area contributed by atoms with E-state index in [1.54, 1.807) is 36.4 Å². The molecule has 0 unspecified atom stereocenters. The van der Waals surface area contributed by atoms with Gasteiger partial charge >= 0.3 is 0 Å². The molecule has 4 nitrogen and oxygen atoms in total. The summed E-state index contributed by atoms with van der Waals surface area (Å²) in [6, 6.07) is 13.8. The average molecular weight is 372 g/mol. The number of hydrogen-bond acceptors (Lipinski definition) is 3. The van der Waals surface area contributed by atoms with Crippen molar-refractivity contribution in [2.24, 2.45) is 0 Å². The van der Waals surface area contributed by atoms with Gasteiger partial charge in [0.05, 0.1) is 11.6 Å². The van der Waals surface area contributed by atoms with Crippen LogP contribution >= 0.6 is 11.6 Å². The Morgan fingerprint density at radius 3 is 2.62 bits per heavy atom. The van der Waals surface area contributed by atoms with Gasteiger partial charge in [0, 0.05) is 41.8 Å². The maximum absolute atomic E-state index is 14.0. The lowest BCUT2D eigenvalue weighted by Gasteiger charge is -2.22. The Morgan fingerprint density at radius 2 is 2.00 bits per heavy atom. The van der Waals surface area contributed by atoms with Crippen LogP contribution in [0.3, 0.4) is 0 Å². The van der Waals surface area contributed by atoms with E-state index >= 15 is 0 Å². The highest BCUT2D eigenvalue weighted by atomic mass is 35.5. The van der Waals surface area contributed by atoms with E-state index < -0.39 is 0 Å². The van der Waals surface area contributed by atoms with Crippen LogP contribution in [0.15, 0.2) is 42.5 Å². The average Bonchev–Trinajstić information content (AvgIpc) is 3.46. The molecule has 0 bridgehead atoms. The fraction of sp³-hybridized carbons (Fsp3) is 0.300. The van der Waals surface area contributed by atoms with Crippen molar-refractivity contribution in [3.8, 4) is 6.07 Å². The molecule has 1 aliphatic rings. The van der Waals surface area contributed by atoms with Crippen LogP contribution < -0.4 is 5.32 Å². The number of hydrogen-bond donors (Lipinski definition) is 1. The zero-order chi connectivity index (χ0) is 18.5. The van der Waals surface area contributed by atoms with Gasteiger partial charge in [-0.1, -0.05) is 17.7 Å². The zero-order valence-corrected chi connectivity index (χ0v) is 15.0. The third-order valence-electron chi connectivity index (χ3n) is 4.41. The minimum atomic E-state index is -0.315. The molecule has 1 amide bonds. The van der Waals surface area contributed by atoms with E-state index in [-0.39, 0.29) is 11.7 Å². The molecule has 0 radical (unpaired) electrons. The predicted octanol–water partition coefficient (Wildman–Crippen LogP) is 4.34. The maximum Gasteiger partial charge on any atom is 0.225 e. The van der Waals surface area contributed by atoms with Crippen molar-refractivity contribution < 1.29 is 9.18 Å². The van der Waals surface area contributed by atoms with E-state index in [1.165, 1.54) is 6.07 Å². The third-order valence-corrected chi connectivity index (χ3v) is 4.76. The predicted molar refractivity (Wildman–Crippen MR) is 99.2 cm³/mol. The van der Waals surface area contributed by atoms with Gasteiger partial charge in [-0.3, -0.25) is 9.69 Å². The van der Waals surface area contributed by atoms with Crippen LogP contribution in [0.4, 0.5) is 10.1 Å². The number of nitrogens with zero attached hydrogens (tertiary/aromatic N) is 2. The molecule has 1 saturated carbocycles. The maximum atomic E-state index is 14.0. The Kier molecular flexibility index (Phi) is 5.87. The van der Waals surface area contributed by atoms with E-state index in [0.29, 0.717) is 47.4 Å². The van der Waals surface area contributed by atoms with E-state index in [0.717, 1.165) is 12.8 Å². The van der Waals surface area contributed by atoms with E-state index in [4.69, 9.17) is 16.9 Å². The van der Waals surface area contributed by atoms with Crippen molar-refractivity contribution in [3.05, 3.63) is 64.4 Å². The van der Waals surface area contributed by atoms with Gasteiger partial charge in [0.15, 0.2) is 0 Å². The molecule has 0 atom stereocenters. The number of nitrogens with one attached hydrogen (secondary N) is 1. The molecule has 26 heavy (non-hydrogen) atoms. The van der Waals surface area contributed by atoms with Crippen LogP contribution in [-0.4, -0.2) is 23.4 Å². The fourth-order valence-electron chi connectivity index (χ4n) is 2.81. The highest BCUT2D eigenvalue weighted by Crippen LogP contribution is 2.30. The van der Waals surface area contributed by atoms with E-state index in [9.17, 15) is 9.18 Å². The molecule has 2 aromatic carbocycles. The Hall–Kier alpha value is -2.42. The topological polar surface area (TPSA) is 56.1 Å². The van der Waals surface area contributed by atoms with Gasteiger partial charge in [0.2, 0.25) is 5.91 Å². The molecule has 6 heteroatoms. The summed E-state index contributed by atoms with van der Waals surface area (Å²) in [6.07, 6.45) is 2.43. The zero-order valence-electron chi connectivity index (χ0n) is 14.2. The Labute approximate surface area is 157 Å². The van der Waals surface area contributed by atoms with E-state index in [1.807, 2.05) is 6.07 Å². The third kappa shape index (κ3) is 4.81. The van der Waals surface area contributed by atoms with Crippen molar-refractivity contribution in [1.29, 1.82) is 5.26 Å². The Balaban J connectivity index is 1.57. The van der Waals surface area contributed by atoms with Crippen molar-refractivity contribution in [2.45, 2.75) is 31.8 Å². The van der Waals surface area contributed by atoms with Crippen LogP contribution in [0.5, 0.6) is 0 Å². The first-order valence-corrected chi connectivity index (χ1v) is 8.91.